The third kappa shape index (κ3) is 2.65. The number of aromatic amines is 1. The van der Waals surface area contributed by atoms with E-state index < -0.39 is 5.41 Å². The number of nitrogens with one attached hydrogen (secondary N) is 1. The highest BCUT2D eigenvalue weighted by atomic mass is 16.5. The zero-order chi connectivity index (χ0) is 20.2. The summed E-state index contributed by atoms with van der Waals surface area (Å²) in [6.45, 7) is 2.79. The first kappa shape index (κ1) is 18.9. The molecule has 4 unspecified atom stereocenters. The van der Waals surface area contributed by atoms with Crippen LogP contribution in [0.5, 0.6) is 5.75 Å². The van der Waals surface area contributed by atoms with Gasteiger partial charge in [0.2, 0.25) is 0 Å². The van der Waals surface area contributed by atoms with E-state index >= 15 is 0 Å². The summed E-state index contributed by atoms with van der Waals surface area (Å²) >= 11 is 0. The number of methoxy groups -OCH3 is 3. The summed E-state index contributed by atoms with van der Waals surface area (Å²) in [6.07, 6.45) is 3.95. The van der Waals surface area contributed by atoms with Gasteiger partial charge in [-0.3, -0.25) is 9.69 Å². The first-order valence-electron chi connectivity index (χ1n) is 10.6. The quantitative estimate of drug-likeness (QED) is 0.785. The van der Waals surface area contributed by atoms with Crippen LogP contribution in [-0.4, -0.2) is 62.9 Å². The van der Waals surface area contributed by atoms with Crippen LogP contribution in [-0.2, 0) is 26.1 Å². The van der Waals surface area contributed by atoms with Crippen LogP contribution in [0.3, 0.4) is 0 Å². The zero-order valence-corrected chi connectivity index (χ0v) is 17.5. The first-order valence-corrected chi connectivity index (χ1v) is 10.6. The maximum atomic E-state index is 13.5. The smallest absolute Gasteiger partial charge is 0.319 e. The minimum Gasteiger partial charge on any atom is -0.497 e. The molecule has 1 aromatic carbocycles. The van der Waals surface area contributed by atoms with E-state index in [-0.39, 0.29) is 12.0 Å². The molecule has 0 amide bonds. The summed E-state index contributed by atoms with van der Waals surface area (Å²) in [5.41, 5.74) is 2.77. The van der Waals surface area contributed by atoms with Crippen LogP contribution in [0, 0.1) is 11.8 Å². The molecule has 4 aliphatic rings. The topological polar surface area (TPSA) is 63.8 Å². The fourth-order valence-corrected chi connectivity index (χ4v) is 6.58. The summed E-state index contributed by atoms with van der Waals surface area (Å²) in [4.78, 5) is 19.7. The normalized spacial score (nSPS) is 32.7. The Hall–Kier alpha value is -2.05. The van der Waals surface area contributed by atoms with Gasteiger partial charge in [-0.15, -0.1) is 0 Å². The number of H-pyrrole nitrogens is 1. The Bertz CT molecular complexity index is 938. The van der Waals surface area contributed by atoms with E-state index in [0.717, 1.165) is 55.9 Å². The highest BCUT2D eigenvalue weighted by Crippen LogP contribution is 2.55. The molecule has 4 bridgehead atoms. The maximum absolute atomic E-state index is 13.5. The van der Waals surface area contributed by atoms with E-state index in [2.05, 4.69) is 22.0 Å². The van der Waals surface area contributed by atoms with Crippen molar-refractivity contribution in [2.75, 3.05) is 41.0 Å². The standard InChI is InChI=1S/C23H30N2O4/c1-27-9-7-15-10-14-12-23(22(26)29-3)20-17(6-8-25(13-14)21(15)23)18-11-16(28-2)4-5-19(18)24-20/h4-5,11,14-15,21,24H,6-10,12-13H2,1-3H3/t14-,15?,21?,23?/m0/s1. The zero-order valence-electron chi connectivity index (χ0n) is 17.5. The highest BCUT2D eigenvalue weighted by Gasteiger charge is 2.62. The summed E-state index contributed by atoms with van der Waals surface area (Å²) in [5, 5.41) is 1.17. The van der Waals surface area contributed by atoms with Crippen LogP contribution in [0.25, 0.3) is 10.9 Å². The number of benzene rings is 1. The van der Waals surface area contributed by atoms with E-state index in [1.54, 1.807) is 14.2 Å². The summed E-state index contributed by atoms with van der Waals surface area (Å²) in [6, 6.07) is 6.30. The van der Waals surface area contributed by atoms with Gasteiger partial charge in [0.05, 0.1) is 14.2 Å². The van der Waals surface area contributed by atoms with Crippen molar-refractivity contribution >= 4 is 16.9 Å². The SMILES string of the molecule is COCCC1C[C@@H]2CN3CCc4c([nH]c5ccc(OC)cc45)C(C(=O)OC)(C2)C13. The lowest BCUT2D eigenvalue weighted by atomic mass is 9.56. The molecule has 2 aromatic rings. The summed E-state index contributed by atoms with van der Waals surface area (Å²) < 4.78 is 16.4. The number of ether oxygens (including phenoxy) is 3. The molecule has 1 saturated carbocycles. The number of esters is 1. The minimum absolute atomic E-state index is 0.0963. The number of rotatable bonds is 5. The van der Waals surface area contributed by atoms with Gasteiger partial charge in [0.1, 0.15) is 11.2 Å². The molecule has 0 radical (unpaired) electrons. The molecule has 3 fully saturated rings. The van der Waals surface area contributed by atoms with Crippen molar-refractivity contribution in [3.63, 3.8) is 0 Å². The molecule has 6 nitrogen and oxygen atoms in total. The van der Waals surface area contributed by atoms with Crippen LogP contribution in [0.1, 0.15) is 30.5 Å². The number of carbonyl (C=O) groups excluding carboxylic acids is 1. The van der Waals surface area contributed by atoms with Crippen molar-refractivity contribution in [2.24, 2.45) is 11.8 Å². The lowest BCUT2D eigenvalue weighted by Crippen LogP contribution is -2.67. The van der Waals surface area contributed by atoms with Crippen LogP contribution >= 0.6 is 0 Å². The van der Waals surface area contributed by atoms with Gasteiger partial charge in [-0.05, 0) is 61.3 Å². The number of carbonyl (C=O) groups is 1. The molecule has 156 valence electrons. The third-order valence-corrected chi connectivity index (χ3v) is 7.54. The first-order chi connectivity index (χ1) is 14.1. The number of hydrogen-bond acceptors (Lipinski definition) is 5. The van der Waals surface area contributed by atoms with Crippen LogP contribution in [0.15, 0.2) is 18.2 Å². The number of fused-ring (bicyclic) bond motifs is 4. The highest BCUT2D eigenvalue weighted by molar-refractivity contribution is 5.92. The molecule has 6 rings (SSSR count). The molecule has 5 atom stereocenters. The van der Waals surface area contributed by atoms with E-state index in [9.17, 15) is 4.79 Å². The van der Waals surface area contributed by atoms with E-state index in [4.69, 9.17) is 14.2 Å². The van der Waals surface area contributed by atoms with Crippen molar-refractivity contribution in [3.8, 4) is 5.75 Å². The maximum Gasteiger partial charge on any atom is 0.319 e. The Balaban J connectivity index is 1.72. The number of nitrogens with zero attached hydrogens (tertiary/aromatic N) is 1. The van der Waals surface area contributed by atoms with Gasteiger partial charge in [-0.2, -0.15) is 0 Å². The second kappa shape index (κ2) is 7.03. The van der Waals surface area contributed by atoms with Gasteiger partial charge < -0.3 is 19.2 Å². The number of hydrogen-bond donors (Lipinski definition) is 1. The van der Waals surface area contributed by atoms with Gasteiger partial charge in [-0.1, -0.05) is 0 Å². The van der Waals surface area contributed by atoms with Crippen LogP contribution < -0.4 is 4.74 Å². The molecular weight excluding hydrogens is 368 g/mol. The van der Waals surface area contributed by atoms with Crippen LogP contribution in [0.4, 0.5) is 0 Å². The second-order valence-electron chi connectivity index (χ2n) is 8.89. The van der Waals surface area contributed by atoms with Crippen molar-refractivity contribution in [1.82, 2.24) is 9.88 Å². The molecule has 1 aliphatic carbocycles. The molecule has 3 aliphatic heterocycles. The molecule has 29 heavy (non-hydrogen) atoms. The lowest BCUT2D eigenvalue weighted by molar-refractivity contribution is -0.162. The van der Waals surface area contributed by atoms with Gasteiger partial charge in [0, 0.05) is 49.4 Å². The van der Waals surface area contributed by atoms with Crippen molar-refractivity contribution in [1.29, 1.82) is 0 Å². The molecule has 1 aromatic heterocycles. The predicted octanol–water partition coefficient (Wildman–Crippen LogP) is 2.89. The Labute approximate surface area is 171 Å². The van der Waals surface area contributed by atoms with E-state index in [0.29, 0.717) is 11.8 Å². The Morgan fingerprint density at radius 2 is 2.17 bits per heavy atom. The molecule has 4 heterocycles. The Morgan fingerprint density at radius 1 is 1.31 bits per heavy atom. The van der Waals surface area contributed by atoms with E-state index in [1.807, 2.05) is 6.07 Å². The Morgan fingerprint density at radius 3 is 2.93 bits per heavy atom. The fourth-order valence-electron chi connectivity index (χ4n) is 6.58. The average Bonchev–Trinajstić information content (AvgIpc) is 3.08. The van der Waals surface area contributed by atoms with Gasteiger partial charge in [0.15, 0.2) is 0 Å². The number of piperidine rings is 2. The Kier molecular flexibility index (Phi) is 4.59. The van der Waals surface area contributed by atoms with Gasteiger partial charge in [0.25, 0.3) is 0 Å². The van der Waals surface area contributed by atoms with Gasteiger partial charge in [-0.25, -0.2) is 0 Å². The van der Waals surface area contributed by atoms with Gasteiger partial charge >= 0.3 is 5.97 Å². The average molecular weight is 399 g/mol. The largest absolute Gasteiger partial charge is 0.497 e. The fraction of sp³-hybridized carbons (Fsp3) is 0.609. The molecular formula is C23H30N2O4. The van der Waals surface area contributed by atoms with Crippen molar-refractivity contribution < 1.29 is 19.0 Å². The summed E-state index contributed by atoms with van der Waals surface area (Å²) in [7, 11) is 4.98. The van der Waals surface area contributed by atoms with Crippen molar-refractivity contribution in [2.45, 2.75) is 37.1 Å². The monoisotopic (exact) mass is 398 g/mol. The second-order valence-corrected chi connectivity index (χ2v) is 8.89. The lowest BCUT2D eigenvalue weighted by Gasteiger charge is -2.58. The molecule has 0 spiro atoms. The van der Waals surface area contributed by atoms with Crippen molar-refractivity contribution in [3.05, 3.63) is 29.5 Å². The predicted molar refractivity (Wildman–Crippen MR) is 110 cm³/mol. The minimum atomic E-state index is -0.633. The number of aromatic nitrogens is 1. The van der Waals surface area contributed by atoms with Crippen LogP contribution in [0.2, 0.25) is 0 Å². The third-order valence-electron chi connectivity index (χ3n) is 7.54. The van der Waals surface area contributed by atoms with E-state index in [1.165, 1.54) is 24.5 Å². The molecule has 6 heteroatoms. The summed E-state index contributed by atoms with van der Waals surface area (Å²) in [5.74, 6) is 1.70. The molecule has 2 saturated heterocycles. The molecule has 1 N–H and O–H groups in total.